The SMILES string of the molecule is CCOc1ccc2c(c1)C=C(C(=O)Nc1cc(C)ccc1OC)CO2. The molecule has 5 heteroatoms. The first-order chi connectivity index (χ1) is 12.1. The van der Waals surface area contributed by atoms with Crippen LogP contribution in [0.3, 0.4) is 0 Å². The summed E-state index contributed by atoms with van der Waals surface area (Å²) >= 11 is 0. The highest BCUT2D eigenvalue weighted by Crippen LogP contribution is 2.31. The largest absolute Gasteiger partial charge is 0.495 e. The molecule has 0 saturated carbocycles. The second kappa shape index (κ2) is 7.30. The van der Waals surface area contributed by atoms with Crippen molar-refractivity contribution >= 4 is 17.7 Å². The molecule has 1 N–H and O–H groups in total. The predicted octanol–water partition coefficient (Wildman–Crippen LogP) is 3.82. The molecule has 2 aromatic carbocycles. The van der Waals surface area contributed by atoms with Crippen LogP contribution in [0.4, 0.5) is 5.69 Å². The maximum atomic E-state index is 12.6. The molecule has 1 amide bonds. The third-order valence-electron chi connectivity index (χ3n) is 3.90. The van der Waals surface area contributed by atoms with Gasteiger partial charge in [-0.1, -0.05) is 6.07 Å². The van der Waals surface area contributed by atoms with E-state index in [4.69, 9.17) is 14.2 Å². The van der Waals surface area contributed by atoms with E-state index in [1.165, 1.54) is 0 Å². The lowest BCUT2D eigenvalue weighted by atomic mass is 10.1. The van der Waals surface area contributed by atoms with E-state index in [1.807, 2.05) is 56.3 Å². The summed E-state index contributed by atoms with van der Waals surface area (Å²) in [5, 5.41) is 2.90. The van der Waals surface area contributed by atoms with Gasteiger partial charge in [0.2, 0.25) is 0 Å². The smallest absolute Gasteiger partial charge is 0.255 e. The number of amides is 1. The molecule has 2 aromatic rings. The van der Waals surface area contributed by atoms with Crippen LogP contribution < -0.4 is 19.5 Å². The van der Waals surface area contributed by atoms with Gasteiger partial charge in [0.05, 0.1) is 25.0 Å². The first-order valence-electron chi connectivity index (χ1n) is 8.17. The Labute approximate surface area is 147 Å². The van der Waals surface area contributed by atoms with E-state index in [-0.39, 0.29) is 12.5 Å². The van der Waals surface area contributed by atoms with Crippen molar-refractivity contribution in [1.29, 1.82) is 0 Å². The van der Waals surface area contributed by atoms with Crippen molar-refractivity contribution in [2.75, 3.05) is 25.6 Å². The molecule has 5 nitrogen and oxygen atoms in total. The molecule has 0 fully saturated rings. The molecule has 0 aliphatic carbocycles. The third-order valence-corrected chi connectivity index (χ3v) is 3.90. The van der Waals surface area contributed by atoms with Crippen LogP contribution in [0.25, 0.3) is 6.08 Å². The molecule has 0 spiro atoms. The lowest BCUT2D eigenvalue weighted by Gasteiger charge is -2.19. The number of methoxy groups -OCH3 is 1. The van der Waals surface area contributed by atoms with E-state index >= 15 is 0 Å². The van der Waals surface area contributed by atoms with E-state index in [2.05, 4.69) is 5.32 Å². The molecule has 0 atom stereocenters. The number of anilines is 1. The van der Waals surface area contributed by atoms with Crippen LogP contribution in [0.2, 0.25) is 0 Å². The summed E-state index contributed by atoms with van der Waals surface area (Å²) in [4.78, 5) is 12.6. The normalized spacial score (nSPS) is 12.5. The average Bonchev–Trinajstić information content (AvgIpc) is 2.61. The molecule has 0 radical (unpaired) electrons. The van der Waals surface area contributed by atoms with Crippen LogP contribution in [-0.2, 0) is 4.79 Å². The molecular formula is C20H21NO4. The van der Waals surface area contributed by atoms with E-state index in [9.17, 15) is 4.79 Å². The summed E-state index contributed by atoms with van der Waals surface area (Å²) in [6.07, 6.45) is 1.83. The molecular weight excluding hydrogens is 318 g/mol. The number of benzene rings is 2. The Balaban J connectivity index is 1.83. The minimum atomic E-state index is -0.212. The van der Waals surface area contributed by atoms with Crippen LogP contribution >= 0.6 is 0 Å². The van der Waals surface area contributed by atoms with Crippen molar-refractivity contribution in [2.45, 2.75) is 13.8 Å². The van der Waals surface area contributed by atoms with Gasteiger partial charge in [0.1, 0.15) is 23.9 Å². The molecule has 0 saturated heterocycles. The van der Waals surface area contributed by atoms with Crippen LogP contribution in [0.1, 0.15) is 18.1 Å². The summed E-state index contributed by atoms with van der Waals surface area (Å²) in [5.41, 5.74) is 3.06. The van der Waals surface area contributed by atoms with Gasteiger partial charge in [-0.3, -0.25) is 4.79 Å². The number of carbonyl (C=O) groups is 1. The first kappa shape index (κ1) is 16.9. The molecule has 1 aliphatic heterocycles. The average molecular weight is 339 g/mol. The van der Waals surface area contributed by atoms with Crippen molar-refractivity contribution in [3.8, 4) is 17.2 Å². The minimum absolute atomic E-state index is 0.212. The molecule has 130 valence electrons. The fourth-order valence-corrected chi connectivity index (χ4v) is 2.67. The fraction of sp³-hybridized carbons (Fsp3) is 0.250. The Morgan fingerprint density at radius 2 is 2.08 bits per heavy atom. The zero-order chi connectivity index (χ0) is 17.8. The highest BCUT2D eigenvalue weighted by molar-refractivity contribution is 6.08. The minimum Gasteiger partial charge on any atom is -0.495 e. The van der Waals surface area contributed by atoms with Gasteiger partial charge in [-0.15, -0.1) is 0 Å². The topological polar surface area (TPSA) is 56.8 Å². The summed E-state index contributed by atoms with van der Waals surface area (Å²) < 4.78 is 16.5. The molecule has 0 bridgehead atoms. The molecule has 25 heavy (non-hydrogen) atoms. The lowest BCUT2D eigenvalue weighted by molar-refractivity contribution is -0.113. The van der Waals surface area contributed by atoms with Gasteiger partial charge < -0.3 is 19.5 Å². The van der Waals surface area contributed by atoms with Crippen molar-refractivity contribution < 1.29 is 19.0 Å². The van der Waals surface area contributed by atoms with Gasteiger partial charge in [0, 0.05) is 5.56 Å². The van der Waals surface area contributed by atoms with Crippen molar-refractivity contribution in [3.05, 3.63) is 53.1 Å². The number of hydrogen-bond acceptors (Lipinski definition) is 4. The van der Waals surface area contributed by atoms with E-state index < -0.39 is 0 Å². The second-order valence-corrected chi connectivity index (χ2v) is 5.75. The second-order valence-electron chi connectivity index (χ2n) is 5.75. The highest BCUT2D eigenvalue weighted by atomic mass is 16.5. The molecule has 1 aliphatic rings. The Morgan fingerprint density at radius 1 is 1.24 bits per heavy atom. The monoisotopic (exact) mass is 339 g/mol. The number of hydrogen-bond donors (Lipinski definition) is 1. The number of aryl methyl sites for hydroxylation is 1. The maximum Gasteiger partial charge on any atom is 0.255 e. The van der Waals surface area contributed by atoms with E-state index in [0.29, 0.717) is 23.6 Å². The van der Waals surface area contributed by atoms with Gasteiger partial charge in [-0.2, -0.15) is 0 Å². The zero-order valence-corrected chi connectivity index (χ0v) is 14.6. The van der Waals surface area contributed by atoms with Gasteiger partial charge in [0.15, 0.2) is 0 Å². The summed E-state index contributed by atoms with van der Waals surface area (Å²) in [6, 6.07) is 11.2. The van der Waals surface area contributed by atoms with Crippen LogP contribution in [0.15, 0.2) is 42.0 Å². The summed E-state index contributed by atoms with van der Waals surface area (Å²) in [7, 11) is 1.58. The van der Waals surface area contributed by atoms with Crippen molar-refractivity contribution in [3.63, 3.8) is 0 Å². The number of nitrogens with one attached hydrogen (secondary N) is 1. The van der Waals surface area contributed by atoms with Gasteiger partial charge in [-0.05, 0) is 55.8 Å². The third kappa shape index (κ3) is 3.76. The Morgan fingerprint density at radius 3 is 2.84 bits per heavy atom. The maximum absolute atomic E-state index is 12.6. The Hall–Kier alpha value is -2.95. The number of carbonyl (C=O) groups excluding carboxylic acids is 1. The van der Waals surface area contributed by atoms with Crippen LogP contribution in [0, 0.1) is 6.92 Å². The van der Waals surface area contributed by atoms with E-state index in [0.717, 1.165) is 22.6 Å². The predicted molar refractivity (Wildman–Crippen MR) is 97.4 cm³/mol. The van der Waals surface area contributed by atoms with Crippen molar-refractivity contribution in [2.24, 2.45) is 0 Å². The van der Waals surface area contributed by atoms with Crippen molar-refractivity contribution in [1.82, 2.24) is 0 Å². The zero-order valence-electron chi connectivity index (χ0n) is 14.6. The highest BCUT2D eigenvalue weighted by Gasteiger charge is 2.19. The number of rotatable bonds is 5. The fourth-order valence-electron chi connectivity index (χ4n) is 2.67. The van der Waals surface area contributed by atoms with Gasteiger partial charge >= 0.3 is 0 Å². The summed E-state index contributed by atoms with van der Waals surface area (Å²) in [6.45, 7) is 4.70. The van der Waals surface area contributed by atoms with Crippen LogP contribution in [-0.4, -0.2) is 26.2 Å². The molecule has 1 heterocycles. The first-order valence-corrected chi connectivity index (χ1v) is 8.17. The number of ether oxygens (including phenoxy) is 3. The molecule has 0 unspecified atom stereocenters. The van der Waals surface area contributed by atoms with Gasteiger partial charge in [-0.25, -0.2) is 0 Å². The van der Waals surface area contributed by atoms with E-state index in [1.54, 1.807) is 7.11 Å². The molecule has 0 aromatic heterocycles. The Kier molecular flexibility index (Phi) is 4.93. The summed E-state index contributed by atoms with van der Waals surface area (Å²) in [5.74, 6) is 1.91. The lowest BCUT2D eigenvalue weighted by Crippen LogP contribution is -2.21. The van der Waals surface area contributed by atoms with Crippen LogP contribution in [0.5, 0.6) is 17.2 Å². The number of fused-ring (bicyclic) bond motifs is 1. The Bertz CT molecular complexity index is 826. The molecule has 3 rings (SSSR count). The quantitative estimate of drug-likeness (QED) is 0.900. The van der Waals surface area contributed by atoms with Gasteiger partial charge in [0.25, 0.3) is 5.91 Å². The standard InChI is InChI=1S/C20H21NO4/c1-4-24-16-6-8-18-14(11-16)10-15(12-25-18)20(22)21-17-9-13(2)5-7-19(17)23-3/h5-11H,4,12H2,1-3H3,(H,21,22).